The molecule has 0 bridgehead atoms. The van der Waals surface area contributed by atoms with Crippen LogP contribution < -0.4 is 10.6 Å². The van der Waals surface area contributed by atoms with E-state index in [9.17, 15) is 10.1 Å². The van der Waals surface area contributed by atoms with Gasteiger partial charge in [0, 0.05) is 23.2 Å². The molecule has 0 amide bonds. The van der Waals surface area contributed by atoms with Crippen LogP contribution in [-0.2, 0) is 0 Å². The van der Waals surface area contributed by atoms with Gasteiger partial charge in [0.05, 0.1) is 10.6 Å². The smallest absolute Gasteiger partial charge is 0.271 e. The Morgan fingerprint density at radius 1 is 1.56 bits per heavy atom. The van der Waals surface area contributed by atoms with Crippen LogP contribution in [0.2, 0.25) is 0 Å². The molecule has 98 valence electrons. The minimum Gasteiger partial charge on any atom is -0.384 e. The van der Waals surface area contributed by atoms with Crippen LogP contribution in [0.5, 0.6) is 0 Å². The lowest BCUT2D eigenvalue weighted by atomic mass is 10.00. The fourth-order valence-corrected chi connectivity index (χ4v) is 2.50. The first-order valence-corrected chi connectivity index (χ1v) is 6.84. The molecular weight excluding hydrogens is 298 g/mol. The second-order valence-corrected chi connectivity index (χ2v) is 5.37. The number of nitrogens with one attached hydrogen (secondary N) is 2. The number of benzene rings is 1. The molecule has 1 aromatic rings. The molecule has 1 saturated heterocycles. The topological polar surface area (TPSA) is 67.2 Å². The number of rotatable bonds is 4. The van der Waals surface area contributed by atoms with E-state index in [2.05, 4.69) is 26.6 Å². The summed E-state index contributed by atoms with van der Waals surface area (Å²) in [7, 11) is 0. The lowest BCUT2D eigenvalue weighted by molar-refractivity contribution is -0.384. The standard InChI is InChI=1S/C12H16BrN3O2/c13-11-4-3-10(16(17)18)6-12(11)15-8-9-2-1-5-14-7-9/h3-4,6,9,14-15H,1-2,5,7-8H2. The van der Waals surface area contributed by atoms with Crippen LogP contribution in [-0.4, -0.2) is 24.6 Å². The zero-order valence-corrected chi connectivity index (χ0v) is 11.6. The average molecular weight is 314 g/mol. The Kier molecular flexibility index (Phi) is 4.54. The first-order valence-electron chi connectivity index (χ1n) is 6.05. The highest BCUT2D eigenvalue weighted by atomic mass is 79.9. The summed E-state index contributed by atoms with van der Waals surface area (Å²) >= 11 is 3.40. The first-order chi connectivity index (χ1) is 8.66. The van der Waals surface area contributed by atoms with Crippen LogP contribution in [0.15, 0.2) is 22.7 Å². The first kappa shape index (κ1) is 13.3. The van der Waals surface area contributed by atoms with Crippen LogP contribution in [0.4, 0.5) is 11.4 Å². The summed E-state index contributed by atoms with van der Waals surface area (Å²) in [6.45, 7) is 2.95. The molecule has 0 radical (unpaired) electrons. The molecule has 0 saturated carbocycles. The summed E-state index contributed by atoms with van der Waals surface area (Å²) in [6.07, 6.45) is 2.40. The molecule has 1 heterocycles. The largest absolute Gasteiger partial charge is 0.384 e. The fraction of sp³-hybridized carbons (Fsp3) is 0.500. The number of nitrogens with zero attached hydrogens (tertiary/aromatic N) is 1. The normalized spacial score (nSPS) is 19.5. The van der Waals surface area contributed by atoms with Crippen molar-refractivity contribution in [3.63, 3.8) is 0 Å². The third kappa shape index (κ3) is 3.43. The summed E-state index contributed by atoms with van der Waals surface area (Å²) in [4.78, 5) is 10.3. The molecular formula is C12H16BrN3O2. The monoisotopic (exact) mass is 313 g/mol. The van der Waals surface area contributed by atoms with Gasteiger partial charge in [-0.2, -0.15) is 0 Å². The number of non-ortho nitro benzene ring substituents is 1. The quantitative estimate of drug-likeness (QED) is 0.662. The second kappa shape index (κ2) is 6.15. The predicted octanol–water partition coefficient (Wildman–Crippen LogP) is 2.77. The molecule has 0 spiro atoms. The Labute approximate surface area is 114 Å². The molecule has 2 N–H and O–H groups in total. The van der Waals surface area contributed by atoms with E-state index in [1.807, 2.05) is 0 Å². The lowest BCUT2D eigenvalue weighted by Crippen LogP contribution is -2.33. The van der Waals surface area contributed by atoms with Gasteiger partial charge in [-0.25, -0.2) is 0 Å². The summed E-state index contributed by atoms with van der Waals surface area (Å²) in [6, 6.07) is 4.78. The van der Waals surface area contributed by atoms with Crippen molar-refractivity contribution in [2.24, 2.45) is 5.92 Å². The van der Waals surface area contributed by atoms with E-state index in [0.29, 0.717) is 5.92 Å². The number of hydrogen-bond acceptors (Lipinski definition) is 4. The second-order valence-electron chi connectivity index (χ2n) is 4.51. The van der Waals surface area contributed by atoms with Crippen LogP contribution in [0.1, 0.15) is 12.8 Å². The van der Waals surface area contributed by atoms with Crippen molar-refractivity contribution >= 4 is 27.3 Å². The van der Waals surface area contributed by atoms with Crippen LogP contribution >= 0.6 is 15.9 Å². The molecule has 6 heteroatoms. The Morgan fingerprint density at radius 2 is 2.39 bits per heavy atom. The van der Waals surface area contributed by atoms with Crippen LogP contribution in [0.3, 0.4) is 0 Å². The highest BCUT2D eigenvalue weighted by molar-refractivity contribution is 9.10. The third-order valence-electron chi connectivity index (χ3n) is 3.14. The lowest BCUT2D eigenvalue weighted by Gasteiger charge is -2.23. The van der Waals surface area contributed by atoms with Gasteiger partial charge in [0.15, 0.2) is 0 Å². The maximum absolute atomic E-state index is 10.7. The van der Waals surface area contributed by atoms with Crippen molar-refractivity contribution in [1.29, 1.82) is 0 Å². The molecule has 1 atom stereocenters. The maximum atomic E-state index is 10.7. The minimum atomic E-state index is -0.375. The average Bonchev–Trinajstić information content (AvgIpc) is 2.38. The van der Waals surface area contributed by atoms with Crippen LogP contribution in [0.25, 0.3) is 0 Å². The summed E-state index contributed by atoms with van der Waals surface area (Å²) in [5.41, 5.74) is 0.900. The van der Waals surface area contributed by atoms with E-state index in [4.69, 9.17) is 0 Å². The minimum absolute atomic E-state index is 0.113. The van der Waals surface area contributed by atoms with E-state index in [1.54, 1.807) is 12.1 Å². The van der Waals surface area contributed by atoms with Gasteiger partial charge >= 0.3 is 0 Å². The van der Waals surface area contributed by atoms with Gasteiger partial charge in [0.2, 0.25) is 0 Å². The van der Waals surface area contributed by atoms with Crippen molar-refractivity contribution in [1.82, 2.24) is 5.32 Å². The fourth-order valence-electron chi connectivity index (χ4n) is 2.11. The molecule has 1 aromatic carbocycles. The number of piperidine rings is 1. The Hall–Kier alpha value is -1.14. The van der Waals surface area contributed by atoms with Gasteiger partial charge in [0.25, 0.3) is 5.69 Å². The maximum Gasteiger partial charge on any atom is 0.271 e. The number of halogens is 1. The van der Waals surface area contributed by atoms with E-state index >= 15 is 0 Å². The molecule has 1 aliphatic rings. The van der Waals surface area contributed by atoms with E-state index in [1.165, 1.54) is 18.9 Å². The van der Waals surface area contributed by atoms with Crippen molar-refractivity contribution in [2.75, 3.05) is 25.0 Å². The predicted molar refractivity (Wildman–Crippen MR) is 74.9 cm³/mol. The molecule has 1 unspecified atom stereocenters. The highest BCUT2D eigenvalue weighted by Gasteiger charge is 2.14. The van der Waals surface area contributed by atoms with Gasteiger partial charge in [-0.3, -0.25) is 10.1 Å². The number of hydrogen-bond donors (Lipinski definition) is 2. The van der Waals surface area contributed by atoms with Gasteiger partial charge in [-0.1, -0.05) is 0 Å². The Balaban J connectivity index is 1.99. The van der Waals surface area contributed by atoms with Crippen LogP contribution in [0, 0.1) is 16.0 Å². The molecule has 1 aliphatic heterocycles. The van der Waals surface area contributed by atoms with Gasteiger partial charge < -0.3 is 10.6 Å². The summed E-state index contributed by atoms with van der Waals surface area (Å²) in [5.74, 6) is 0.588. The van der Waals surface area contributed by atoms with E-state index < -0.39 is 0 Å². The van der Waals surface area contributed by atoms with Gasteiger partial charge in [-0.15, -0.1) is 0 Å². The Bertz CT molecular complexity index is 433. The number of nitro groups is 1. The van der Waals surface area contributed by atoms with Crippen molar-refractivity contribution in [3.05, 3.63) is 32.8 Å². The molecule has 1 fully saturated rings. The Morgan fingerprint density at radius 3 is 3.06 bits per heavy atom. The third-order valence-corrected chi connectivity index (χ3v) is 3.83. The van der Waals surface area contributed by atoms with Crippen molar-refractivity contribution in [3.8, 4) is 0 Å². The van der Waals surface area contributed by atoms with Crippen molar-refractivity contribution < 1.29 is 4.92 Å². The van der Waals surface area contributed by atoms with E-state index in [-0.39, 0.29) is 10.6 Å². The zero-order valence-electron chi connectivity index (χ0n) is 9.99. The zero-order chi connectivity index (χ0) is 13.0. The molecule has 18 heavy (non-hydrogen) atoms. The number of anilines is 1. The molecule has 2 rings (SSSR count). The van der Waals surface area contributed by atoms with E-state index in [0.717, 1.165) is 29.8 Å². The summed E-state index contributed by atoms with van der Waals surface area (Å²) < 4.78 is 0.858. The molecule has 0 aromatic heterocycles. The van der Waals surface area contributed by atoms with Crippen molar-refractivity contribution in [2.45, 2.75) is 12.8 Å². The highest BCUT2D eigenvalue weighted by Crippen LogP contribution is 2.27. The molecule has 5 nitrogen and oxygen atoms in total. The number of nitro benzene ring substituents is 1. The summed E-state index contributed by atoms with van der Waals surface area (Å²) in [5, 5.41) is 17.4. The van der Waals surface area contributed by atoms with Gasteiger partial charge in [-0.05, 0) is 53.8 Å². The SMILES string of the molecule is O=[N+]([O-])c1ccc(Br)c(NCC2CCCNC2)c1. The van der Waals surface area contributed by atoms with Gasteiger partial charge in [0.1, 0.15) is 0 Å². The molecule has 0 aliphatic carbocycles.